The molecule has 11 rings (SSSR count). The van der Waals surface area contributed by atoms with Crippen LogP contribution in [0.4, 0.5) is 17.1 Å². The van der Waals surface area contributed by atoms with Crippen molar-refractivity contribution in [1.82, 2.24) is 0 Å². The van der Waals surface area contributed by atoms with Gasteiger partial charge in [0.2, 0.25) is 0 Å². The van der Waals surface area contributed by atoms with E-state index in [4.69, 9.17) is 0 Å². The Morgan fingerprint density at radius 3 is 1.47 bits per heavy atom. The summed E-state index contributed by atoms with van der Waals surface area (Å²) < 4.78 is 2.61. The summed E-state index contributed by atoms with van der Waals surface area (Å²) in [5.41, 5.74) is 15.3. The fourth-order valence-electron chi connectivity index (χ4n) is 8.81. The average Bonchev–Trinajstić information content (AvgIpc) is 3.70. The molecule has 0 saturated heterocycles. The summed E-state index contributed by atoms with van der Waals surface area (Å²) >= 11 is 1.86. The van der Waals surface area contributed by atoms with Gasteiger partial charge in [-0.05, 0) is 91.7 Å². The molecule has 2 heteroatoms. The van der Waals surface area contributed by atoms with Crippen molar-refractivity contribution in [3.63, 3.8) is 0 Å². The molecule has 0 unspecified atom stereocenters. The molecule has 0 saturated carbocycles. The van der Waals surface area contributed by atoms with Crippen molar-refractivity contribution in [3.05, 3.63) is 237 Å². The Balaban J connectivity index is 1.08. The maximum absolute atomic E-state index is 2.46. The molecule has 11 aromatic rings. The molecule has 0 aliphatic carbocycles. The second-order valence-corrected chi connectivity index (χ2v) is 16.3. The first kappa shape index (κ1) is 35.6. The fourth-order valence-corrected chi connectivity index (χ4v) is 9.96. The van der Waals surface area contributed by atoms with Crippen molar-refractivity contribution in [2.24, 2.45) is 0 Å². The third-order valence-corrected chi connectivity index (χ3v) is 12.9. The molecule has 0 atom stereocenters. The lowest BCUT2D eigenvalue weighted by Crippen LogP contribution is -2.12. The molecule has 0 fully saturated rings. The van der Waals surface area contributed by atoms with Gasteiger partial charge >= 0.3 is 0 Å². The van der Waals surface area contributed by atoms with E-state index in [0.29, 0.717) is 0 Å². The molecule has 0 N–H and O–H groups in total. The number of para-hydroxylation sites is 2. The van der Waals surface area contributed by atoms with Gasteiger partial charge in [0.1, 0.15) is 0 Å². The highest BCUT2D eigenvalue weighted by Gasteiger charge is 2.22. The molecule has 10 aromatic carbocycles. The van der Waals surface area contributed by atoms with Crippen LogP contribution in [0.2, 0.25) is 0 Å². The number of fused-ring (bicyclic) bond motifs is 4. The predicted molar refractivity (Wildman–Crippen MR) is 259 cm³/mol. The summed E-state index contributed by atoms with van der Waals surface area (Å²) in [5.74, 6) is 0. The molecule has 60 heavy (non-hydrogen) atoms. The minimum atomic E-state index is 1.09. The molecule has 0 bridgehead atoms. The number of nitrogens with zero attached hydrogens (tertiary/aromatic N) is 1. The number of hydrogen-bond acceptors (Lipinski definition) is 2. The van der Waals surface area contributed by atoms with Crippen molar-refractivity contribution >= 4 is 59.3 Å². The van der Waals surface area contributed by atoms with Gasteiger partial charge < -0.3 is 4.90 Å². The maximum atomic E-state index is 2.46. The summed E-state index contributed by atoms with van der Waals surface area (Å²) in [4.78, 5) is 2.46. The number of thiophene rings is 1. The second-order valence-electron chi connectivity index (χ2n) is 15.2. The maximum Gasteiger partial charge on any atom is 0.0540 e. The highest BCUT2D eigenvalue weighted by atomic mass is 32.1. The van der Waals surface area contributed by atoms with E-state index in [0.717, 1.165) is 22.6 Å². The molecule has 1 aromatic heterocycles. The zero-order valence-electron chi connectivity index (χ0n) is 32.9. The van der Waals surface area contributed by atoms with Gasteiger partial charge in [-0.3, -0.25) is 0 Å². The number of hydrogen-bond donors (Lipinski definition) is 0. The van der Waals surface area contributed by atoms with E-state index in [1.807, 2.05) is 11.3 Å². The van der Waals surface area contributed by atoms with E-state index in [1.165, 1.54) is 81.0 Å². The van der Waals surface area contributed by atoms with Gasteiger partial charge in [-0.25, -0.2) is 0 Å². The highest BCUT2D eigenvalue weighted by Crippen LogP contribution is 2.48. The molecule has 0 radical (unpaired) electrons. The van der Waals surface area contributed by atoms with Crippen molar-refractivity contribution < 1.29 is 0 Å². The minimum absolute atomic E-state index is 1.09. The van der Waals surface area contributed by atoms with Crippen molar-refractivity contribution in [2.45, 2.75) is 0 Å². The van der Waals surface area contributed by atoms with Crippen LogP contribution in [0.25, 0.3) is 86.6 Å². The average molecular weight is 782 g/mol. The molecule has 0 aliphatic rings. The summed E-state index contributed by atoms with van der Waals surface area (Å²) in [7, 11) is 0. The van der Waals surface area contributed by atoms with Gasteiger partial charge in [0.05, 0.1) is 11.4 Å². The Labute approximate surface area is 354 Å². The molecular weight excluding hydrogens is 743 g/mol. The summed E-state index contributed by atoms with van der Waals surface area (Å²) in [6.07, 6.45) is 0. The summed E-state index contributed by atoms with van der Waals surface area (Å²) in [5, 5.41) is 5.10. The van der Waals surface area contributed by atoms with E-state index < -0.39 is 0 Å². The summed E-state index contributed by atoms with van der Waals surface area (Å²) in [6.45, 7) is 0. The Kier molecular flexibility index (Phi) is 9.11. The van der Waals surface area contributed by atoms with Crippen molar-refractivity contribution in [3.8, 4) is 55.6 Å². The molecule has 0 amide bonds. The minimum Gasteiger partial charge on any atom is -0.309 e. The van der Waals surface area contributed by atoms with Gasteiger partial charge in [-0.15, -0.1) is 11.3 Å². The van der Waals surface area contributed by atoms with E-state index >= 15 is 0 Å². The Morgan fingerprint density at radius 1 is 0.267 bits per heavy atom. The third kappa shape index (κ3) is 6.44. The largest absolute Gasteiger partial charge is 0.309 e. The van der Waals surface area contributed by atoms with Gasteiger partial charge in [0, 0.05) is 37.0 Å². The van der Waals surface area contributed by atoms with Crippen LogP contribution in [0.5, 0.6) is 0 Å². The number of rotatable bonds is 8. The zero-order valence-corrected chi connectivity index (χ0v) is 33.7. The van der Waals surface area contributed by atoms with Crippen LogP contribution in [0.1, 0.15) is 0 Å². The molecule has 0 spiro atoms. The Morgan fingerprint density at radius 2 is 0.733 bits per heavy atom. The normalized spacial score (nSPS) is 11.3. The van der Waals surface area contributed by atoms with E-state index in [9.17, 15) is 0 Å². The SMILES string of the molecule is c1ccc(-c2ccc(-c3ccc(N(c4ccccc4-c4ccc5c(c4)sc4ccccc45)c4ccccc4-c4ccccc4-c4cccc5ccccc45)cc3)cc2)cc1. The topological polar surface area (TPSA) is 3.24 Å². The number of anilines is 3. The zero-order chi connectivity index (χ0) is 39.8. The molecule has 1 nitrogen and oxygen atoms in total. The van der Waals surface area contributed by atoms with Crippen molar-refractivity contribution in [1.29, 1.82) is 0 Å². The standard InChI is InChI=1S/C58H39NS/c1-2-15-40(16-3-1)41-29-31-42(32-30-41)43-33-36-46(37-34-43)59(55-26-11-8-20-48(55)45-35-38-54-53-24-10-13-28-57(53)60-58(54)39-45)56-27-12-9-23-52(56)51-22-7-6-21-50(51)49-25-14-18-44-17-4-5-19-47(44)49/h1-39H. The Hall–Kier alpha value is -7.52. The van der Waals surface area contributed by atoms with Gasteiger partial charge in [-0.1, -0.05) is 200 Å². The van der Waals surface area contributed by atoms with Crippen LogP contribution in [-0.2, 0) is 0 Å². The van der Waals surface area contributed by atoms with Crippen LogP contribution >= 0.6 is 11.3 Å². The summed E-state index contributed by atoms with van der Waals surface area (Å²) in [6, 6.07) is 86.2. The van der Waals surface area contributed by atoms with Gasteiger partial charge in [0.15, 0.2) is 0 Å². The van der Waals surface area contributed by atoms with Crippen LogP contribution in [-0.4, -0.2) is 0 Å². The highest BCUT2D eigenvalue weighted by molar-refractivity contribution is 7.25. The monoisotopic (exact) mass is 781 g/mol. The Bertz CT molecular complexity index is 3300. The van der Waals surface area contributed by atoms with Crippen molar-refractivity contribution in [2.75, 3.05) is 4.90 Å². The predicted octanol–water partition coefficient (Wildman–Crippen LogP) is 17.0. The molecule has 282 valence electrons. The fraction of sp³-hybridized carbons (Fsp3) is 0. The second kappa shape index (κ2) is 15.3. The first-order valence-electron chi connectivity index (χ1n) is 20.5. The third-order valence-electron chi connectivity index (χ3n) is 11.7. The first-order valence-corrected chi connectivity index (χ1v) is 21.3. The lowest BCUT2D eigenvalue weighted by Gasteiger charge is -2.30. The molecule has 1 heterocycles. The smallest absolute Gasteiger partial charge is 0.0540 e. The van der Waals surface area contributed by atoms with Crippen LogP contribution < -0.4 is 4.90 Å². The van der Waals surface area contributed by atoms with Gasteiger partial charge in [0.25, 0.3) is 0 Å². The van der Waals surface area contributed by atoms with Crippen LogP contribution in [0.15, 0.2) is 237 Å². The van der Waals surface area contributed by atoms with Crippen LogP contribution in [0, 0.1) is 0 Å². The molecular formula is C58H39NS. The lowest BCUT2D eigenvalue weighted by molar-refractivity contribution is 1.28. The lowest BCUT2D eigenvalue weighted by atomic mass is 9.90. The van der Waals surface area contributed by atoms with Gasteiger partial charge in [-0.2, -0.15) is 0 Å². The van der Waals surface area contributed by atoms with Crippen LogP contribution in [0.3, 0.4) is 0 Å². The van der Waals surface area contributed by atoms with E-state index in [1.54, 1.807) is 0 Å². The first-order chi connectivity index (χ1) is 29.8. The van der Waals surface area contributed by atoms with E-state index in [-0.39, 0.29) is 0 Å². The van der Waals surface area contributed by atoms with E-state index in [2.05, 4.69) is 241 Å². The number of benzene rings is 10. The quantitative estimate of drug-likeness (QED) is 0.148. The molecule has 0 aliphatic heterocycles.